The maximum atomic E-state index is 6.00. The van der Waals surface area contributed by atoms with E-state index in [9.17, 15) is 0 Å². The van der Waals surface area contributed by atoms with Crippen LogP contribution in [0.4, 0.5) is 5.69 Å². The molecule has 0 radical (unpaired) electrons. The summed E-state index contributed by atoms with van der Waals surface area (Å²) in [6, 6.07) is 36.1. The van der Waals surface area contributed by atoms with Gasteiger partial charge in [0.1, 0.15) is 11.5 Å². The third-order valence-corrected chi connectivity index (χ3v) is 6.62. The number of aromatic nitrogens is 2. The summed E-state index contributed by atoms with van der Waals surface area (Å²) >= 11 is 5.86. The first kappa shape index (κ1) is 22.1. The van der Waals surface area contributed by atoms with Crippen LogP contribution in [0.15, 0.2) is 128 Å². The Labute approximate surface area is 215 Å². The molecule has 5 nitrogen and oxygen atoms in total. The van der Waals surface area contributed by atoms with Crippen molar-refractivity contribution < 1.29 is 4.74 Å². The maximum absolute atomic E-state index is 6.00. The molecular weight excluding hydrogens is 464 g/mol. The number of benzene rings is 3. The number of pyridine rings is 1. The van der Waals surface area contributed by atoms with E-state index in [1.807, 2.05) is 97.2 Å². The quantitative estimate of drug-likeness (QED) is 0.265. The van der Waals surface area contributed by atoms with Crippen molar-refractivity contribution in [1.29, 1.82) is 0 Å². The molecule has 0 spiro atoms. The standard InChI is InChI=1S/C30H24N4OS/c36-30-32-28(27-13-7-8-19-31-27)29(22-18-20-33(21-22)23-9-3-1-4-10-23)34(30)24-14-16-26(17-15-24)35-25-11-5-2-6-12-25/h1-21,28-29H,(H,32,36)/t28-,29-/m0/s1. The predicted molar refractivity (Wildman–Crippen MR) is 147 cm³/mol. The molecule has 5 aromatic rings. The molecule has 1 aliphatic heterocycles. The predicted octanol–water partition coefficient (Wildman–Crippen LogP) is 6.84. The lowest BCUT2D eigenvalue weighted by atomic mass is 9.98. The van der Waals surface area contributed by atoms with E-state index in [1.54, 1.807) is 0 Å². The highest BCUT2D eigenvalue weighted by Gasteiger charge is 2.41. The molecule has 36 heavy (non-hydrogen) atoms. The van der Waals surface area contributed by atoms with Crippen molar-refractivity contribution in [1.82, 2.24) is 14.9 Å². The molecule has 2 atom stereocenters. The van der Waals surface area contributed by atoms with Gasteiger partial charge in [0.15, 0.2) is 5.11 Å². The number of nitrogens with zero attached hydrogens (tertiary/aromatic N) is 3. The van der Waals surface area contributed by atoms with Crippen LogP contribution >= 0.6 is 12.2 Å². The zero-order valence-corrected chi connectivity index (χ0v) is 20.3. The van der Waals surface area contributed by atoms with Gasteiger partial charge in [-0.1, -0.05) is 42.5 Å². The van der Waals surface area contributed by atoms with Crippen molar-refractivity contribution >= 4 is 23.0 Å². The second kappa shape index (κ2) is 9.68. The average molecular weight is 489 g/mol. The summed E-state index contributed by atoms with van der Waals surface area (Å²) in [6.07, 6.45) is 6.09. The summed E-state index contributed by atoms with van der Waals surface area (Å²) in [7, 11) is 0. The molecule has 1 aliphatic rings. The van der Waals surface area contributed by atoms with Crippen molar-refractivity contribution in [2.45, 2.75) is 12.1 Å². The Hall–Kier alpha value is -4.42. The topological polar surface area (TPSA) is 42.3 Å². The molecule has 0 bridgehead atoms. The van der Waals surface area contributed by atoms with Crippen molar-refractivity contribution in [3.05, 3.63) is 139 Å². The van der Waals surface area contributed by atoms with Crippen molar-refractivity contribution in [3.8, 4) is 17.2 Å². The van der Waals surface area contributed by atoms with Crippen LogP contribution in [0.5, 0.6) is 11.5 Å². The number of ether oxygens (including phenoxy) is 1. The number of hydrogen-bond donors (Lipinski definition) is 1. The zero-order valence-electron chi connectivity index (χ0n) is 19.4. The summed E-state index contributed by atoms with van der Waals surface area (Å²) in [5.74, 6) is 1.58. The van der Waals surface area contributed by atoms with E-state index < -0.39 is 0 Å². The summed E-state index contributed by atoms with van der Waals surface area (Å²) < 4.78 is 8.14. The number of anilines is 1. The summed E-state index contributed by atoms with van der Waals surface area (Å²) in [5.41, 5.74) is 4.19. The smallest absolute Gasteiger partial charge is 0.174 e. The van der Waals surface area contributed by atoms with Crippen LogP contribution in [-0.4, -0.2) is 14.7 Å². The fraction of sp³-hybridized carbons (Fsp3) is 0.0667. The Bertz CT molecular complexity index is 1450. The molecule has 6 rings (SSSR count). The van der Waals surface area contributed by atoms with E-state index in [1.165, 1.54) is 0 Å². The first-order chi connectivity index (χ1) is 17.8. The second-order valence-corrected chi connectivity index (χ2v) is 8.98. The maximum Gasteiger partial charge on any atom is 0.174 e. The van der Waals surface area contributed by atoms with Crippen LogP contribution in [0.3, 0.4) is 0 Å². The Kier molecular flexibility index (Phi) is 5.93. The average Bonchev–Trinajstić information content (AvgIpc) is 3.56. The van der Waals surface area contributed by atoms with Crippen LogP contribution < -0.4 is 15.0 Å². The molecular formula is C30H24N4OS. The lowest BCUT2D eigenvalue weighted by Crippen LogP contribution is -2.29. The van der Waals surface area contributed by atoms with Crippen molar-refractivity contribution in [2.75, 3.05) is 4.90 Å². The number of para-hydroxylation sites is 2. The second-order valence-electron chi connectivity index (χ2n) is 8.59. The van der Waals surface area contributed by atoms with E-state index in [-0.39, 0.29) is 12.1 Å². The van der Waals surface area contributed by atoms with Gasteiger partial charge in [0.25, 0.3) is 0 Å². The van der Waals surface area contributed by atoms with E-state index in [0.29, 0.717) is 5.11 Å². The first-order valence-corrected chi connectivity index (χ1v) is 12.2. The van der Waals surface area contributed by atoms with Gasteiger partial charge < -0.3 is 19.5 Å². The van der Waals surface area contributed by atoms with E-state index in [2.05, 4.69) is 50.4 Å². The Morgan fingerprint density at radius 1 is 0.722 bits per heavy atom. The summed E-state index contributed by atoms with van der Waals surface area (Å²) in [5, 5.41) is 4.19. The minimum atomic E-state index is -0.0921. The van der Waals surface area contributed by atoms with Crippen molar-refractivity contribution in [3.63, 3.8) is 0 Å². The Morgan fingerprint density at radius 2 is 1.42 bits per heavy atom. The van der Waals surface area contributed by atoms with Crippen LogP contribution in [0, 0.1) is 0 Å². The lowest BCUT2D eigenvalue weighted by molar-refractivity contribution is 0.482. The van der Waals surface area contributed by atoms with Gasteiger partial charge in [-0.2, -0.15) is 0 Å². The van der Waals surface area contributed by atoms with E-state index >= 15 is 0 Å². The van der Waals surface area contributed by atoms with Gasteiger partial charge in [-0.05, 0) is 84.5 Å². The van der Waals surface area contributed by atoms with Gasteiger partial charge in [-0.25, -0.2) is 0 Å². The number of thiocarbonyl (C=S) groups is 1. The van der Waals surface area contributed by atoms with Crippen LogP contribution in [0.2, 0.25) is 0 Å². The van der Waals surface area contributed by atoms with E-state index in [0.717, 1.165) is 34.1 Å². The molecule has 3 heterocycles. The fourth-order valence-electron chi connectivity index (χ4n) is 4.62. The zero-order chi connectivity index (χ0) is 24.3. The summed E-state index contributed by atoms with van der Waals surface area (Å²) in [6.45, 7) is 0. The number of hydrogen-bond acceptors (Lipinski definition) is 3. The molecule has 6 heteroatoms. The van der Waals surface area contributed by atoms with Gasteiger partial charge in [0.2, 0.25) is 0 Å². The van der Waals surface area contributed by atoms with Gasteiger partial charge >= 0.3 is 0 Å². The Morgan fingerprint density at radius 3 is 2.14 bits per heavy atom. The van der Waals surface area contributed by atoms with Crippen LogP contribution in [-0.2, 0) is 0 Å². The van der Waals surface area contributed by atoms with Gasteiger partial charge in [0.05, 0.1) is 17.8 Å². The molecule has 1 saturated heterocycles. The molecule has 1 fully saturated rings. The van der Waals surface area contributed by atoms with Gasteiger partial charge in [-0.15, -0.1) is 0 Å². The number of nitrogens with one attached hydrogen (secondary N) is 1. The fourth-order valence-corrected chi connectivity index (χ4v) is 4.97. The van der Waals surface area contributed by atoms with Gasteiger partial charge in [-0.3, -0.25) is 4.98 Å². The molecule has 2 aromatic heterocycles. The summed E-state index contributed by atoms with van der Waals surface area (Å²) in [4.78, 5) is 6.82. The molecule has 176 valence electrons. The van der Waals surface area contributed by atoms with Crippen LogP contribution in [0.1, 0.15) is 23.3 Å². The highest BCUT2D eigenvalue weighted by Crippen LogP contribution is 2.42. The number of rotatable bonds is 6. The van der Waals surface area contributed by atoms with E-state index in [4.69, 9.17) is 17.0 Å². The first-order valence-electron chi connectivity index (χ1n) is 11.8. The third kappa shape index (κ3) is 4.34. The van der Waals surface area contributed by atoms with Crippen LogP contribution in [0.25, 0.3) is 5.69 Å². The van der Waals surface area contributed by atoms with Gasteiger partial charge in [0, 0.05) is 30.0 Å². The Balaban J connectivity index is 1.36. The largest absolute Gasteiger partial charge is 0.457 e. The molecule has 0 amide bonds. The molecule has 3 aromatic carbocycles. The molecule has 0 aliphatic carbocycles. The normalized spacial score (nSPS) is 17.1. The third-order valence-electron chi connectivity index (χ3n) is 6.30. The highest BCUT2D eigenvalue weighted by atomic mass is 32.1. The molecule has 0 unspecified atom stereocenters. The molecule has 1 N–H and O–H groups in total. The highest BCUT2D eigenvalue weighted by molar-refractivity contribution is 7.80. The SMILES string of the molecule is S=C1N[C@@H](c2ccccn2)[C@H](c2ccn(-c3ccccc3)c2)N1c1ccc(Oc2ccccc2)cc1. The monoisotopic (exact) mass is 488 g/mol. The minimum Gasteiger partial charge on any atom is -0.457 e. The molecule has 0 saturated carbocycles. The lowest BCUT2D eigenvalue weighted by Gasteiger charge is -2.27. The minimum absolute atomic E-state index is 0.0711. The van der Waals surface area contributed by atoms with Crippen molar-refractivity contribution in [2.24, 2.45) is 0 Å².